The third-order valence-corrected chi connectivity index (χ3v) is 9.48. The number of rotatable bonds is 17. The van der Waals surface area contributed by atoms with Crippen molar-refractivity contribution >= 4 is 77.9 Å². The van der Waals surface area contributed by atoms with Gasteiger partial charge in [0.25, 0.3) is 5.91 Å². The summed E-state index contributed by atoms with van der Waals surface area (Å²) in [6.07, 6.45) is 1.96. The van der Waals surface area contributed by atoms with Crippen LogP contribution in [0.4, 0.5) is 9.93 Å². The monoisotopic (exact) mass is 788 g/mol. The lowest BCUT2D eigenvalue weighted by atomic mass is 10.1. The molecule has 2 atom stereocenters. The number of hydrogen-bond donors (Lipinski definition) is 6. The molecule has 0 saturated heterocycles. The molecule has 2 aromatic rings. The predicted molar refractivity (Wildman–Crippen MR) is 182 cm³/mol. The van der Waals surface area contributed by atoms with Gasteiger partial charge in [-0.05, 0) is 20.3 Å². The summed E-state index contributed by atoms with van der Waals surface area (Å²) in [6.45, 7) is 5.30. The van der Waals surface area contributed by atoms with Crippen LogP contribution in [-0.2, 0) is 50.6 Å². The Labute approximate surface area is 298 Å². The Morgan fingerprint density at radius 3 is 2.42 bits per heavy atom. The van der Waals surface area contributed by atoms with Gasteiger partial charge in [-0.2, -0.15) is 8.42 Å². The van der Waals surface area contributed by atoms with E-state index in [1.165, 1.54) is 10.1 Å². The summed E-state index contributed by atoms with van der Waals surface area (Å²) in [7, 11) is -8.73. The fourth-order valence-electron chi connectivity index (χ4n) is 3.93. The lowest BCUT2D eigenvalue weighted by Gasteiger charge is -2.22. The molecule has 0 radical (unpaired) electrons. The number of aromatic nitrogens is 4. The van der Waals surface area contributed by atoms with Crippen LogP contribution in [0.1, 0.15) is 38.2 Å². The lowest BCUT2D eigenvalue weighted by molar-refractivity contribution is -0.161. The third kappa shape index (κ3) is 10.2. The number of Topliss-reactive ketones (excluding diaryl/α,β-unsaturated/α-hetero) is 1. The van der Waals surface area contributed by atoms with E-state index < -0.39 is 103 Å². The van der Waals surface area contributed by atoms with Crippen molar-refractivity contribution in [2.75, 3.05) is 17.7 Å². The second-order valence-electron chi connectivity index (χ2n) is 11.2. The first-order chi connectivity index (χ1) is 24.1. The number of sulfone groups is 1. The molecule has 52 heavy (non-hydrogen) atoms. The van der Waals surface area contributed by atoms with Gasteiger partial charge in [0.2, 0.25) is 11.4 Å². The zero-order chi connectivity index (χ0) is 39.2. The Balaban J connectivity index is 1.87. The van der Waals surface area contributed by atoms with E-state index in [1.807, 2.05) is 0 Å². The van der Waals surface area contributed by atoms with Crippen LogP contribution in [0.15, 0.2) is 44.9 Å². The number of thiazole rings is 1. The molecule has 3 heterocycles. The van der Waals surface area contributed by atoms with Crippen LogP contribution in [0.25, 0.3) is 0 Å². The second kappa shape index (κ2) is 16.1. The normalized spacial score (nSPS) is 15.1. The standard InChI is InChI=1S/C26H32N10O13S3/c1-5-13(15(11-37)29-21(40)19(16-12-50-23(27)30-16)33-49-26(2,3)22(41)42)31-24(43)34-52(47,48)36-25(44)35(7-6-8-51(4,45)46)20(32-36)14-9-17(38)18(39)10-28-14/h5,10-13,15,39H,1,6-9H2,2-4H3,(H2,27,30)(H,29,40)(H,41,42)(H2,31,34,43)/b33-19-. The average molecular weight is 789 g/mol. The highest BCUT2D eigenvalue weighted by Gasteiger charge is 2.33. The number of aldehydes is 1. The average Bonchev–Trinajstić information content (AvgIpc) is 3.62. The zero-order valence-corrected chi connectivity index (χ0v) is 29.8. The van der Waals surface area contributed by atoms with Gasteiger partial charge in [0.1, 0.15) is 27.9 Å². The van der Waals surface area contributed by atoms with E-state index >= 15 is 0 Å². The van der Waals surface area contributed by atoms with Gasteiger partial charge < -0.3 is 36.2 Å². The molecule has 1 aliphatic rings. The summed E-state index contributed by atoms with van der Waals surface area (Å²) >= 11 is 0.890. The molecule has 3 amide bonds. The molecular formula is C26H32N10O13S3. The number of anilines is 1. The number of carboxylic acids is 1. The van der Waals surface area contributed by atoms with E-state index in [0.29, 0.717) is 4.57 Å². The maximum atomic E-state index is 13.2. The van der Waals surface area contributed by atoms with Crippen molar-refractivity contribution in [1.82, 2.24) is 34.1 Å². The third-order valence-electron chi connectivity index (χ3n) is 6.64. The smallest absolute Gasteiger partial charge is 0.362 e. The summed E-state index contributed by atoms with van der Waals surface area (Å²) in [5, 5.41) is 31.7. The number of nitrogens with zero attached hydrogens (tertiary/aromatic N) is 6. The molecule has 26 heteroatoms. The number of aliphatic carboxylic acids is 1. The van der Waals surface area contributed by atoms with Crippen LogP contribution in [0.3, 0.4) is 0 Å². The second-order valence-corrected chi connectivity index (χ2v) is 15.8. The molecule has 0 aliphatic carbocycles. The molecule has 7 N–H and O–H groups in total. The van der Waals surface area contributed by atoms with E-state index in [9.17, 15) is 55.8 Å². The van der Waals surface area contributed by atoms with E-state index in [0.717, 1.165) is 43.7 Å². The number of nitrogens with one attached hydrogen (secondary N) is 3. The first-order valence-electron chi connectivity index (χ1n) is 14.4. The molecule has 1 aliphatic heterocycles. The Bertz CT molecular complexity index is 2160. The van der Waals surface area contributed by atoms with Crippen LogP contribution >= 0.6 is 11.3 Å². The molecule has 23 nitrogen and oxygen atoms in total. The minimum Gasteiger partial charge on any atom is -0.503 e. The summed E-state index contributed by atoms with van der Waals surface area (Å²) in [4.78, 5) is 87.6. The Morgan fingerprint density at radius 2 is 1.88 bits per heavy atom. The van der Waals surface area contributed by atoms with Crippen LogP contribution in [0.2, 0.25) is 0 Å². The maximum Gasteiger partial charge on any atom is 0.362 e. The van der Waals surface area contributed by atoms with Gasteiger partial charge in [-0.25, -0.2) is 32.5 Å². The van der Waals surface area contributed by atoms with Crippen molar-refractivity contribution in [2.45, 2.75) is 50.9 Å². The summed E-state index contributed by atoms with van der Waals surface area (Å²) in [5.41, 5.74) is 1.27. The molecule has 3 rings (SSSR count). The highest BCUT2D eigenvalue weighted by molar-refractivity contribution is 7.90. The van der Waals surface area contributed by atoms with Gasteiger partial charge >= 0.3 is 27.9 Å². The van der Waals surface area contributed by atoms with E-state index in [2.05, 4.69) is 37.4 Å². The van der Waals surface area contributed by atoms with Gasteiger partial charge in [-0.15, -0.1) is 23.0 Å². The van der Waals surface area contributed by atoms with Crippen LogP contribution < -0.4 is 26.8 Å². The zero-order valence-electron chi connectivity index (χ0n) is 27.4. The number of carbonyl (C=O) groups is 5. The summed E-state index contributed by atoms with van der Waals surface area (Å²) in [6, 6.07) is -4.78. The highest BCUT2D eigenvalue weighted by atomic mass is 32.2. The van der Waals surface area contributed by atoms with E-state index in [1.54, 1.807) is 0 Å². The number of aliphatic imine (C=N–C) groups is 1. The topological polar surface area (TPSA) is 343 Å². The number of carbonyl (C=O) groups excluding carboxylic acids is 4. The Hall–Kier alpha value is -5.76. The summed E-state index contributed by atoms with van der Waals surface area (Å²) in [5.74, 6) is -5.06. The fraction of sp³-hybridized carbons (Fsp3) is 0.385. The number of ketones is 1. The fourth-order valence-corrected chi connectivity index (χ4v) is 6.00. The number of aliphatic hydroxyl groups is 1. The molecule has 0 fully saturated rings. The minimum absolute atomic E-state index is 0.00948. The molecule has 2 unspecified atom stereocenters. The van der Waals surface area contributed by atoms with Gasteiger partial charge in [0.15, 0.2) is 22.4 Å². The van der Waals surface area contributed by atoms with Crippen molar-refractivity contribution in [3.05, 3.63) is 52.0 Å². The van der Waals surface area contributed by atoms with Crippen LogP contribution in [0.5, 0.6) is 0 Å². The quantitative estimate of drug-likeness (QED) is 0.0421. The van der Waals surface area contributed by atoms with Crippen molar-refractivity contribution in [1.29, 1.82) is 0 Å². The first kappa shape index (κ1) is 40.7. The number of hydrogen-bond acceptors (Lipinski definition) is 18. The number of aliphatic hydroxyl groups excluding tert-OH is 1. The predicted octanol–water partition coefficient (Wildman–Crippen LogP) is -2.41. The minimum atomic E-state index is -5.22. The molecule has 0 spiro atoms. The van der Waals surface area contributed by atoms with Crippen molar-refractivity contribution in [3.8, 4) is 0 Å². The number of urea groups is 1. The van der Waals surface area contributed by atoms with Gasteiger partial charge in [0.05, 0.1) is 30.1 Å². The first-order valence-corrected chi connectivity index (χ1v) is 18.8. The maximum absolute atomic E-state index is 13.2. The van der Waals surface area contributed by atoms with E-state index in [-0.39, 0.29) is 33.3 Å². The number of oxime groups is 1. The highest BCUT2D eigenvalue weighted by Crippen LogP contribution is 2.16. The summed E-state index contributed by atoms with van der Waals surface area (Å²) < 4.78 is 51.7. The van der Waals surface area contributed by atoms with E-state index in [4.69, 9.17) is 10.6 Å². The number of nitrogen functional groups attached to an aromatic ring is 1. The molecule has 2 aromatic heterocycles. The van der Waals surface area contributed by atoms with Crippen molar-refractivity contribution in [2.24, 2.45) is 10.1 Å². The van der Waals surface area contributed by atoms with Crippen LogP contribution in [0, 0.1) is 0 Å². The molecule has 282 valence electrons. The molecule has 0 saturated carbocycles. The largest absolute Gasteiger partial charge is 0.503 e. The van der Waals surface area contributed by atoms with Crippen molar-refractivity contribution < 1.29 is 55.9 Å². The number of nitrogens with two attached hydrogens (primary N) is 1. The Morgan fingerprint density at radius 1 is 1.21 bits per heavy atom. The SMILES string of the molecule is C=CC(NC(=O)NS(=O)(=O)n1nc(C2=NC=C(O)C(=O)C2)n(CCCS(C)(=O)=O)c1=O)C(C=O)NC(=O)/C(=N\OC(C)(C)C(=O)O)c1csc(N)n1. The molecule has 0 bridgehead atoms. The molecule has 0 aromatic carbocycles. The number of amides is 3. The number of allylic oxidation sites excluding steroid dienone is 1. The van der Waals surface area contributed by atoms with Crippen molar-refractivity contribution in [3.63, 3.8) is 0 Å². The molecular weight excluding hydrogens is 757 g/mol. The van der Waals surface area contributed by atoms with Gasteiger partial charge in [0, 0.05) is 18.2 Å². The lowest BCUT2D eigenvalue weighted by Crippen LogP contribution is -2.56. The van der Waals surface area contributed by atoms with Gasteiger partial charge in [-0.3, -0.25) is 19.1 Å². The van der Waals surface area contributed by atoms with Gasteiger partial charge in [-0.1, -0.05) is 15.3 Å². The number of carboxylic acid groups (broad SMARTS) is 1. The van der Waals surface area contributed by atoms with Crippen LogP contribution in [-0.4, -0.2) is 117 Å². The Kier molecular flexibility index (Phi) is 12.6.